The topological polar surface area (TPSA) is 101 Å². The van der Waals surface area contributed by atoms with Gasteiger partial charge in [-0.25, -0.2) is 28.0 Å². The van der Waals surface area contributed by atoms with Crippen LogP contribution >= 0.6 is 0 Å². The number of hydrogen-bond donors (Lipinski definition) is 2. The molecule has 14 heteroatoms. The van der Waals surface area contributed by atoms with Gasteiger partial charge in [-0.1, -0.05) is 12.3 Å². The van der Waals surface area contributed by atoms with Gasteiger partial charge < -0.3 is 25.4 Å². The molecule has 238 valence electrons. The number of nitrogens with zero attached hydrogens (tertiary/aromatic N) is 5. The number of pyridine rings is 1. The van der Waals surface area contributed by atoms with Crippen molar-refractivity contribution in [2.75, 3.05) is 36.9 Å². The number of benzene rings is 2. The van der Waals surface area contributed by atoms with Crippen molar-refractivity contribution in [2.45, 2.75) is 50.2 Å². The summed E-state index contributed by atoms with van der Waals surface area (Å²) in [5.41, 5.74) is 5.12. The Morgan fingerprint density at radius 2 is 1.89 bits per heavy atom. The van der Waals surface area contributed by atoms with Crippen LogP contribution in [0.3, 0.4) is 0 Å². The molecular weight excluding hydrogens is 833 g/mol. The Labute approximate surface area is 284 Å². The third-order valence-corrected chi connectivity index (χ3v) is 8.74. The quantitative estimate of drug-likeness (QED) is 0.123. The third-order valence-electron chi connectivity index (χ3n) is 8.74. The van der Waals surface area contributed by atoms with Crippen LogP contribution in [0, 0.1) is 67.0 Å². The summed E-state index contributed by atoms with van der Waals surface area (Å²) in [4.78, 5) is 15.9. The standard InChI is InChI=1S/C25H17F4N5O2.C7H11FN.U/c1-2-12-16-10(7-15(26)17(12)27)6-11(30)8-13(16)20-18(28)21-14(9-31-20)24(33-25(35)32-21)34-4-3-5-36-23-19(29)22(23)34;8-6-4-7-2-1-3-9(7)5-6;/h1,6-9,19,22-23H,3-5,30H2,(H,32,33,35);6H,1-5H2;/q;-1;/t19-,22-,23?;6-;/m01./s1. The second-order valence-electron chi connectivity index (χ2n) is 11.6. The maximum absolute atomic E-state index is 16.0. The number of hydrogen-bond acceptors (Lipinski definition) is 8. The molecule has 4 aromatic rings. The Kier molecular flexibility index (Phi) is 9.07. The van der Waals surface area contributed by atoms with Crippen molar-refractivity contribution in [3.63, 3.8) is 0 Å². The average molecular weight is 862 g/mol. The van der Waals surface area contributed by atoms with Crippen molar-refractivity contribution in [1.29, 1.82) is 0 Å². The largest absolute Gasteiger partial charge is 0.479 e. The molecule has 1 unspecified atom stereocenters. The molecule has 2 aromatic carbocycles. The molecule has 4 atom stereocenters. The number of fused-ring (bicyclic) bond motifs is 4. The number of anilines is 2. The summed E-state index contributed by atoms with van der Waals surface area (Å²) in [6, 6.07) is 3.66. The zero-order valence-corrected chi connectivity index (χ0v) is 28.6. The van der Waals surface area contributed by atoms with Crippen LogP contribution in [0.2, 0.25) is 0 Å². The second-order valence-corrected chi connectivity index (χ2v) is 11.6. The monoisotopic (exact) mass is 861 g/mol. The second kappa shape index (κ2) is 12.8. The van der Waals surface area contributed by atoms with E-state index in [9.17, 15) is 22.7 Å². The molecule has 4 aliphatic rings. The number of terminal acetylenes is 1. The Hall–Kier alpha value is -3.23. The van der Waals surface area contributed by atoms with Crippen molar-refractivity contribution in [3.8, 4) is 29.6 Å². The first-order valence-corrected chi connectivity index (χ1v) is 14.7. The number of nitrogen functional groups attached to an aromatic ring is 1. The molecule has 2 aromatic heterocycles. The van der Waals surface area contributed by atoms with E-state index in [0.717, 1.165) is 25.5 Å². The Bertz CT molecular complexity index is 1860. The van der Waals surface area contributed by atoms with E-state index in [1.54, 1.807) is 4.90 Å². The van der Waals surface area contributed by atoms with Crippen LogP contribution in [-0.2, 0) is 4.74 Å². The molecule has 0 radical (unpaired) electrons. The maximum atomic E-state index is 16.0. The first-order chi connectivity index (χ1) is 21.7. The first-order valence-electron chi connectivity index (χ1n) is 14.7. The van der Waals surface area contributed by atoms with E-state index in [1.807, 2.05) is 0 Å². The van der Waals surface area contributed by atoms with Crippen LogP contribution in [0.5, 0.6) is 6.01 Å². The minimum absolute atomic E-state index is 0. The van der Waals surface area contributed by atoms with Crippen molar-refractivity contribution in [1.82, 2.24) is 19.9 Å². The van der Waals surface area contributed by atoms with E-state index in [2.05, 4.69) is 25.8 Å². The van der Waals surface area contributed by atoms with Gasteiger partial charge in [0.25, 0.3) is 0 Å². The molecule has 1 saturated carbocycles. The minimum Gasteiger partial charge on any atom is -0.479 e. The van der Waals surface area contributed by atoms with Crippen LogP contribution in [0.1, 0.15) is 31.2 Å². The number of halogens is 5. The van der Waals surface area contributed by atoms with E-state index in [0.29, 0.717) is 26.1 Å². The molecule has 0 amide bonds. The molecule has 1 aliphatic carbocycles. The molecule has 8 nitrogen and oxygen atoms in total. The molecule has 8 rings (SSSR count). The van der Waals surface area contributed by atoms with Crippen LogP contribution in [0.4, 0.5) is 33.5 Å². The minimum atomic E-state index is -1.26. The maximum Gasteiger partial charge on any atom is 0.316 e. The third kappa shape index (κ3) is 5.66. The number of ether oxygens (including phenoxy) is 1. The van der Waals surface area contributed by atoms with Gasteiger partial charge in [-0.05, 0) is 43.1 Å². The van der Waals surface area contributed by atoms with Crippen LogP contribution < -0.4 is 10.6 Å². The van der Waals surface area contributed by atoms with Crippen LogP contribution in [-0.4, -0.2) is 75.7 Å². The van der Waals surface area contributed by atoms with E-state index in [-0.39, 0.29) is 75.6 Å². The zero-order chi connectivity index (χ0) is 31.6. The summed E-state index contributed by atoms with van der Waals surface area (Å²) < 4.78 is 77.0. The van der Waals surface area contributed by atoms with E-state index in [1.165, 1.54) is 30.8 Å². The van der Waals surface area contributed by atoms with Gasteiger partial charge in [0, 0.05) is 67.1 Å². The van der Waals surface area contributed by atoms with E-state index in [4.69, 9.17) is 16.9 Å². The number of aromatic hydroxyl groups is 1. The fourth-order valence-corrected chi connectivity index (χ4v) is 6.69. The molecule has 5 heterocycles. The smallest absolute Gasteiger partial charge is 0.316 e. The number of nitrogens with two attached hydrogens (primary N) is 1. The van der Waals surface area contributed by atoms with Gasteiger partial charge in [0.1, 0.15) is 23.1 Å². The molecule has 46 heavy (non-hydrogen) atoms. The Balaban J connectivity index is 0.000000318. The molecule has 0 bridgehead atoms. The number of aromatic nitrogens is 3. The zero-order valence-electron chi connectivity index (χ0n) is 24.4. The Morgan fingerprint density at radius 3 is 2.65 bits per heavy atom. The fraction of sp³-hybridized carbons (Fsp3) is 0.375. The summed E-state index contributed by atoms with van der Waals surface area (Å²) in [6.07, 6.45) is 8.01. The molecule has 3 aliphatic heterocycles. The molecular formula is C32H28F5N6O2U-. The summed E-state index contributed by atoms with van der Waals surface area (Å²) in [5, 5.41) is 10.6. The van der Waals surface area contributed by atoms with Gasteiger partial charge in [-0.2, -0.15) is 16.4 Å². The summed E-state index contributed by atoms with van der Waals surface area (Å²) >= 11 is 0. The molecule has 4 fully saturated rings. The molecule has 0 spiro atoms. The van der Waals surface area contributed by atoms with E-state index >= 15 is 4.39 Å². The normalized spacial score (nSPS) is 24.0. The van der Waals surface area contributed by atoms with E-state index < -0.39 is 53.5 Å². The average Bonchev–Trinajstić information content (AvgIpc) is 3.31. The van der Waals surface area contributed by atoms with Gasteiger partial charge in [0.2, 0.25) is 0 Å². The van der Waals surface area contributed by atoms with Crippen LogP contribution in [0.25, 0.3) is 32.9 Å². The van der Waals surface area contributed by atoms with Crippen molar-refractivity contribution >= 4 is 33.2 Å². The number of alkyl halides is 2. The number of rotatable bonds is 2. The predicted molar refractivity (Wildman–Crippen MR) is 158 cm³/mol. The summed E-state index contributed by atoms with van der Waals surface area (Å²) in [7, 11) is 0. The van der Waals surface area contributed by atoms with Gasteiger partial charge >= 0.3 is 6.01 Å². The van der Waals surface area contributed by atoms with Crippen molar-refractivity contribution < 1.29 is 62.9 Å². The molecule has 3 saturated heterocycles. The Morgan fingerprint density at radius 1 is 1.09 bits per heavy atom. The van der Waals surface area contributed by atoms with Gasteiger partial charge in [-0.3, -0.25) is 4.98 Å². The SMILES string of the molecule is C#Cc1c(F)c(F)cc2cc(N)cc(-c3ncc4c(N5CCCOC6[C@@H](F)[C@@H]65)nc(O)nc4c3F)c12.F[C@@H]1C[C-]2CCCN2C1.[U]. The fourth-order valence-electron chi connectivity index (χ4n) is 6.69. The summed E-state index contributed by atoms with van der Waals surface area (Å²) in [6.45, 7) is 2.51. The van der Waals surface area contributed by atoms with Crippen molar-refractivity contribution in [2.24, 2.45) is 0 Å². The van der Waals surface area contributed by atoms with Gasteiger partial charge in [0.15, 0.2) is 23.6 Å². The van der Waals surface area contributed by atoms with Gasteiger partial charge in [-0.15, -0.1) is 12.8 Å². The summed E-state index contributed by atoms with van der Waals surface area (Å²) in [5.74, 6) is -1.17. The predicted octanol–water partition coefficient (Wildman–Crippen LogP) is 5.20. The van der Waals surface area contributed by atoms with Crippen LogP contribution in [0.15, 0.2) is 24.4 Å². The first kappa shape index (κ1) is 32.7. The molecule has 3 N–H and O–H groups in total. The van der Waals surface area contributed by atoms with Crippen molar-refractivity contribution in [3.05, 3.63) is 53.5 Å². The van der Waals surface area contributed by atoms with Gasteiger partial charge in [0.05, 0.1) is 23.2 Å².